The molecule has 4 nitrogen and oxygen atoms in total. The molecule has 0 spiro atoms. The molecule has 1 fully saturated rings. The number of aryl methyl sites for hydroxylation is 1. The first-order valence-electron chi connectivity index (χ1n) is 6.55. The Hall–Kier alpha value is -1.36. The molecule has 2 heterocycles. The molecular formula is C14H19NO3S. The molecule has 2 atom stereocenters. The van der Waals surface area contributed by atoms with Gasteiger partial charge in [-0.05, 0) is 38.8 Å². The van der Waals surface area contributed by atoms with Crippen molar-refractivity contribution in [1.82, 2.24) is 4.90 Å². The fourth-order valence-electron chi connectivity index (χ4n) is 2.49. The predicted molar refractivity (Wildman–Crippen MR) is 74.3 cm³/mol. The average molecular weight is 281 g/mol. The van der Waals surface area contributed by atoms with Crippen LogP contribution in [0.1, 0.15) is 29.5 Å². The van der Waals surface area contributed by atoms with E-state index < -0.39 is 11.9 Å². The van der Waals surface area contributed by atoms with E-state index in [-0.39, 0.29) is 11.9 Å². The Kier molecular flexibility index (Phi) is 4.24. The third-order valence-corrected chi connectivity index (χ3v) is 4.67. The van der Waals surface area contributed by atoms with Gasteiger partial charge in [0.1, 0.15) is 0 Å². The second kappa shape index (κ2) is 5.74. The van der Waals surface area contributed by atoms with Crippen LogP contribution in [0.5, 0.6) is 0 Å². The van der Waals surface area contributed by atoms with Crippen molar-refractivity contribution in [1.29, 1.82) is 0 Å². The van der Waals surface area contributed by atoms with Gasteiger partial charge in [0.15, 0.2) is 0 Å². The van der Waals surface area contributed by atoms with Crippen LogP contribution >= 0.6 is 11.3 Å². The number of hydrogen-bond donors (Lipinski definition) is 1. The van der Waals surface area contributed by atoms with E-state index in [1.165, 1.54) is 4.88 Å². The number of likely N-dealkylation sites (tertiary alicyclic amines) is 1. The highest BCUT2D eigenvalue weighted by molar-refractivity contribution is 7.12. The van der Waals surface area contributed by atoms with Crippen molar-refractivity contribution in [3.63, 3.8) is 0 Å². The van der Waals surface area contributed by atoms with Gasteiger partial charge in [0, 0.05) is 22.3 Å². The second-order valence-corrected chi connectivity index (χ2v) is 6.57. The van der Waals surface area contributed by atoms with Gasteiger partial charge in [0.2, 0.25) is 5.91 Å². The van der Waals surface area contributed by atoms with E-state index in [0.29, 0.717) is 19.4 Å². The molecule has 0 saturated carbocycles. The molecule has 2 unspecified atom stereocenters. The first-order chi connectivity index (χ1) is 8.97. The fraction of sp³-hybridized carbons (Fsp3) is 0.571. The van der Waals surface area contributed by atoms with Crippen LogP contribution in [0.25, 0.3) is 0 Å². The van der Waals surface area contributed by atoms with Crippen LogP contribution in [0.3, 0.4) is 0 Å². The normalized spacial score (nSPS) is 23.4. The SMILES string of the molecule is Cc1ccc(CC(=O)N2CC(C(=O)O)CCC2C)s1. The highest BCUT2D eigenvalue weighted by Gasteiger charge is 2.32. The van der Waals surface area contributed by atoms with Crippen LogP contribution in [-0.2, 0) is 16.0 Å². The lowest BCUT2D eigenvalue weighted by Gasteiger charge is -2.36. The van der Waals surface area contributed by atoms with Crippen molar-refractivity contribution >= 4 is 23.2 Å². The van der Waals surface area contributed by atoms with E-state index in [9.17, 15) is 9.59 Å². The van der Waals surface area contributed by atoms with Gasteiger partial charge in [-0.2, -0.15) is 0 Å². The number of aliphatic carboxylic acids is 1. The summed E-state index contributed by atoms with van der Waals surface area (Å²) in [6, 6.07) is 4.12. The van der Waals surface area contributed by atoms with Gasteiger partial charge in [-0.1, -0.05) is 0 Å². The first-order valence-corrected chi connectivity index (χ1v) is 7.36. The lowest BCUT2D eigenvalue weighted by molar-refractivity contribution is -0.146. The summed E-state index contributed by atoms with van der Waals surface area (Å²) in [6.07, 6.45) is 1.82. The molecule has 1 aliphatic rings. The molecule has 1 N–H and O–H groups in total. The predicted octanol–water partition coefficient (Wildman–Crippen LogP) is 2.31. The lowest BCUT2D eigenvalue weighted by atomic mass is 9.93. The number of hydrogen-bond acceptors (Lipinski definition) is 3. The highest BCUT2D eigenvalue weighted by atomic mass is 32.1. The molecule has 1 saturated heterocycles. The van der Waals surface area contributed by atoms with E-state index >= 15 is 0 Å². The van der Waals surface area contributed by atoms with E-state index in [1.807, 2.05) is 26.0 Å². The third kappa shape index (κ3) is 3.35. The second-order valence-electron chi connectivity index (χ2n) is 5.20. The summed E-state index contributed by atoms with van der Waals surface area (Å²) in [6.45, 7) is 4.36. The largest absolute Gasteiger partial charge is 0.481 e. The molecule has 1 amide bonds. The maximum absolute atomic E-state index is 12.3. The Morgan fingerprint density at radius 1 is 1.42 bits per heavy atom. The van der Waals surface area contributed by atoms with E-state index in [2.05, 4.69) is 0 Å². The minimum Gasteiger partial charge on any atom is -0.481 e. The number of carbonyl (C=O) groups is 2. The molecule has 1 aliphatic heterocycles. The standard InChI is InChI=1S/C14H19NO3S/c1-9-3-5-11(14(17)18)8-15(9)13(16)7-12-6-4-10(2)19-12/h4,6,9,11H,3,5,7-8H2,1-2H3,(H,17,18). The molecule has 0 aliphatic carbocycles. The summed E-state index contributed by atoms with van der Waals surface area (Å²) in [5.41, 5.74) is 0. The van der Waals surface area contributed by atoms with Gasteiger partial charge in [0.05, 0.1) is 12.3 Å². The number of rotatable bonds is 3. The van der Waals surface area contributed by atoms with Crippen molar-refractivity contribution in [2.45, 2.75) is 39.2 Å². The number of thiophene rings is 1. The average Bonchev–Trinajstić information content (AvgIpc) is 2.74. The summed E-state index contributed by atoms with van der Waals surface area (Å²) in [5, 5.41) is 9.08. The molecule has 5 heteroatoms. The van der Waals surface area contributed by atoms with Crippen LogP contribution in [0.4, 0.5) is 0 Å². The summed E-state index contributed by atoms with van der Waals surface area (Å²) in [5.74, 6) is -1.16. The molecule has 0 radical (unpaired) electrons. The van der Waals surface area contributed by atoms with Gasteiger partial charge in [-0.25, -0.2) is 0 Å². The van der Waals surface area contributed by atoms with Gasteiger partial charge in [-0.3, -0.25) is 9.59 Å². The molecule has 0 aromatic carbocycles. The van der Waals surface area contributed by atoms with Gasteiger partial charge in [-0.15, -0.1) is 11.3 Å². The van der Waals surface area contributed by atoms with Crippen LogP contribution in [-0.4, -0.2) is 34.5 Å². The number of carboxylic acids is 1. The number of carbonyl (C=O) groups excluding carboxylic acids is 1. The van der Waals surface area contributed by atoms with Gasteiger partial charge < -0.3 is 10.0 Å². The zero-order valence-corrected chi connectivity index (χ0v) is 12.1. The number of carboxylic acid groups (broad SMARTS) is 1. The summed E-state index contributed by atoms with van der Waals surface area (Å²) >= 11 is 1.62. The molecule has 1 aromatic heterocycles. The van der Waals surface area contributed by atoms with E-state index in [1.54, 1.807) is 16.2 Å². The zero-order chi connectivity index (χ0) is 14.0. The van der Waals surface area contributed by atoms with Gasteiger partial charge >= 0.3 is 5.97 Å². The Morgan fingerprint density at radius 3 is 2.74 bits per heavy atom. The number of nitrogens with zero attached hydrogens (tertiary/aromatic N) is 1. The molecule has 2 rings (SSSR count). The maximum Gasteiger partial charge on any atom is 0.308 e. The monoisotopic (exact) mass is 281 g/mol. The number of piperidine rings is 1. The van der Waals surface area contributed by atoms with Crippen LogP contribution < -0.4 is 0 Å². The maximum atomic E-state index is 12.3. The Labute approximate surface area is 117 Å². The summed E-state index contributed by atoms with van der Waals surface area (Å²) < 4.78 is 0. The molecule has 0 bridgehead atoms. The minimum absolute atomic E-state index is 0.0419. The summed E-state index contributed by atoms with van der Waals surface area (Å²) in [7, 11) is 0. The van der Waals surface area contributed by atoms with Crippen molar-refractivity contribution in [3.8, 4) is 0 Å². The Bertz CT molecular complexity index is 483. The summed E-state index contributed by atoms with van der Waals surface area (Å²) in [4.78, 5) is 27.3. The quantitative estimate of drug-likeness (QED) is 0.925. The van der Waals surface area contributed by atoms with Crippen molar-refractivity contribution in [3.05, 3.63) is 21.9 Å². The van der Waals surface area contributed by atoms with Crippen molar-refractivity contribution in [2.75, 3.05) is 6.54 Å². The smallest absolute Gasteiger partial charge is 0.308 e. The minimum atomic E-state index is -0.795. The molecule has 1 aromatic rings. The van der Waals surface area contributed by atoms with Crippen LogP contribution in [0.2, 0.25) is 0 Å². The Morgan fingerprint density at radius 2 is 2.16 bits per heavy atom. The molecule has 19 heavy (non-hydrogen) atoms. The molecular weight excluding hydrogens is 262 g/mol. The van der Waals surface area contributed by atoms with Crippen LogP contribution in [0.15, 0.2) is 12.1 Å². The van der Waals surface area contributed by atoms with Crippen LogP contribution in [0, 0.1) is 12.8 Å². The van der Waals surface area contributed by atoms with Crippen molar-refractivity contribution < 1.29 is 14.7 Å². The zero-order valence-electron chi connectivity index (χ0n) is 11.3. The lowest BCUT2D eigenvalue weighted by Crippen LogP contribution is -2.47. The van der Waals surface area contributed by atoms with Crippen molar-refractivity contribution in [2.24, 2.45) is 5.92 Å². The third-order valence-electron chi connectivity index (χ3n) is 3.67. The number of amides is 1. The first kappa shape index (κ1) is 14.1. The molecule has 104 valence electrons. The fourth-order valence-corrected chi connectivity index (χ4v) is 3.37. The van der Waals surface area contributed by atoms with Gasteiger partial charge in [0.25, 0.3) is 0 Å². The van der Waals surface area contributed by atoms with E-state index in [0.717, 1.165) is 11.3 Å². The van der Waals surface area contributed by atoms with E-state index in [4.69, 9.17) is 5.11 Å². The Balaban J connectivity index is 2.02. The highest BCUT2D eigenvalue weighted by Crippen LogP contribution is 2.24. The topological polar surface area (TPSA) is 57.6 Å².